The van der Waals surface area contributed by atoms with Gasteiger partial charge in [-0.05, 0) is 39.7 Å². The number of esters is 1. The van der Waals surface area contributed by atoms with E-state index in [1.54, 1.807) is 6.92 Å². The second-order valence-electron chi connectivity index (χ2n) is 6.04. The molecule has 2 fully saturated rings. The maximum absolute atomic E-state index is 12.5. The second-order valence-corrected chi connectivity index (χ2v) is 7.71. The molecule has 0 amide bonds. The first-order chi connectivity index (χ1) is 9.86. The molecule has 8 heteroatoms. The van der Waals surface area contributed by atoms with E-state index in [1.165, 1.54) is 4.31 Å². The molecular weight excluding hydrogens is 294 g/mol. The Balaban J connectivity index is 2.00. The van der Waals surface area contributed by atoms with Crippen molar-refractivity contribution in [2.24, 2.45) is 5.92 Å². The molecular formula is C13H25N3O4S. The number of hydrogen-bond acceptors (Lipinski definition) is 5. The zero-order valence-corrected chi connectivity index (χ0v) is 13.5. The number of carbonyl (C=O) groups excluding carboxylic acids is 1. The van der Waals surface area contributed by atoms with Crippen molar-refractivity contribution in [3.05, 3.63) is 0 Å². The van der Waals surface area contributed by atoms with Gasteiger partial charge in [0.1, 0.15) is 0 Å². The molecule has 0 aromatic rings. The average molecular weight is 319 g/mol. The van der Waals surface area contributed by atoms with E-state index in [0.29, 0.717) is 32.5 Å². The van der Waals surface area contributed by atoms with Crippen LogP contribution >= 0.6 is 0 Å². The summed E-state index contributed by atoms with van der Waals surface area (Å²) in [5.41, 5.74) is -0.449. The standard InChI is InChI=1S/C13H25N3O4S/c1-3-20-12(17)11-5-4-8-16(9-11)21(18,19)15-13(2)6-7-14-10-13/h11,14-15H,3-10H2,1-2H3. The van der Waals surface area contributed by atoms with E-state index in [9.17, 15) is 13.2 Å². The first-order valence-electron chi connectivity index (χ1n) is 7.53. The molecule has 2 atom stereocenters. The van der Waals surface area contributed by atoms with Crippen molar-refractivity contribution in [3.8, 4) is 0 Å². The van der Waals surface area contributed by atoms with Crippen molar-refractivity contribution in [3.63, 3.8) is 0 Å². The molecule has 2 aliphatic rings. The Bertz CT molecular complexity index is 474. The van der Waals surface area contributed by atoms with E-state index in [-0.39, 0.29) is 18.4 Å². The number of nitrogens with one attached hydrogen (secondary N) is 2. The zero-order chi connectivity index (χ0) is 15.5. The van der Waals surface area contributed by atoms with Crippen LogP contribution in [-0.2, 0) is 19.7 Å². The first kappa shape index (κ1) is 16.7. The van der Waals surface area contributed by atoms with Gasteiger partial charge in [0.25, 0.3) is 10.2 Å². The van der Waals surface area contributed by atoms with Gasteiger partial charge in [0, 0.05) is 25.2 Å². The molecule has 0 aromatic heterocycles. The lowest BCUT2D eigenvalue weighted by molar-refractivity contribution is -0.149. The van der Waals surface area contributed by atoms with Crippen LogP contribution in [0.25, 0.3) is 0 Å². The van der Waals surface area contributed by atoms with Crippen LogP contribution < -0.4 is 10.0 Å². The fraction of sp³-hybridized carbons (Fsp3) is 0.923. The molecule has 2 rings (SSSR count). The average Bonchev–Trinajstić information content (AvgIpc) is 2.85. The van der Waals surface area contributed by atoms with Gasteiger partial charge in [0.2, 0.25) is 0 Å². The van der Waals surface area contributed by atoms with Crippen LogP contribution in [0.4, 0.5) is 0 Å². The smallest absolute Gasteiger partial charge is 0.310 e. The van der Waals surface area contributed by atoms with Crippen LogP contribution in [0.15, 0.2) is 0 Å². The summed E-state index contributed by atoms with van der Waals surface area (Å²) >= 11 is 0. The number of rotatable bonds is 5. The highest BCUT2D eigenvalue weighted by atomic mass is 32.2. The number of ether oxygens (including phenoxy) is 1. The molecule has 2 aliphatic heterocycles. The van der Waals surface area contributed by atoms with Crippen LogP contribution in [0.1, 0.15) is 33.1 Å². The monoisotopic (exact) mass is 319 g/mol. The van der Waals surface area contributed by atoms with E-state index in [0.717, 1.165) is 13.0 Å². The van der Waals surface area contributed by atoms with Crippen molar-refractivity contribution in [2.45, 2.75) is 38.6 Å². The van der Waals surface area contributed by atoms with Gasteiger partial charge >= 0.3 is 5.97 Å². The van der Waals surface area contributed by atoms with Crippen molar-refractivity contribution >= 4 is 16.2 Å². The van der Waals surface area contributed by atoms with Gasteiger partial charge in [-0.2, -0.15) is 17.4 Å². The van der Waals surface area contributed by atoms with Gasteiger partial charge in [-0.15, -0.1) is 0 Å². The number of piperidine rings is 1. The summed E-state index contributed by atoms with van der Waals surface area (Å²) in [4.78, 5) is 11.8. The lowest BCUT2D eigenvalue weighted by Crippen LogP contribution is -2.55. The Kier molecular flexibility index (Phi) is 5.24. The Labute approximate surface area is 126 Å². The lowest BCUT2D eigenvalue weighted by atomic mass is 10.0. The second kappa shape index (κ2) is 6.60. The van der Waals surface area contributed by atoms with Crippen LogP contribution in [0.2, 0.25) is 0 Å². The third-order valence-electron chi connectivity index (χ3n) is 4.09. The van der Waals surface area contributed by atoms with E-state index < -0.39 is 15.7 Å². The Morgan fingerprint density at radius 3 is 2.90 bits per heavy atom. The van der Waals surface area contributed by atoms with Crippen LogP contribution in [0, 0.1) is 5.92 Å². The summed E-state index contributed by atoms with van der Waals surface area (Å²) in [5, 5.41) is 3.16. The molecule has 7 nitrogen and oxygen atoms in total. The minimum Gasteiger partial charge on any atom is -0.466 e. The molecule has 21 heavy (non-hydrogen) atoms. The topological polar surface area (TPSA) is 87.7 Å². The molecule has 2 unspecified atom stereocenters. The highest BCUT2D eigenvalue weighted by Crippen LogP contribution is 2.22. The molecule has 0 spiro atoms. The van der Waals surface area contributed by atoms with Gasteiger partial charge < -0.3 is 10.1 Å². The maximum Gasteiger partial charge on any atom is 0.310 e. The van der Waals surface area contributed by atoms with Gasteiger partial charge in [-0.3, -0.25) is 4.79 Å². The van der Waals surface area contributed by atoms with Crippen LogP contribution in [0.5, 0.6) is 0 Å². The maximum atomic E-state index is 12.5. The third-order valence-corrected chi connectivity index (χ3v) is 5.85. The van der Waals surface area contributed by atoms with Crippen LogP contribution in [-0.4, -0.2) is 57.0 Å². The summed E-state index contributed by atoms with van der Waals surface area (Å²) < 4.78 is 34.2. The van der Waals surface area contributed by atoms with Gasteiger partial charge in [0.15, 0.2) is 0 Å². The summed E-state index contributed by atoms with van der Waals surface area (Å²) in [7, 11) is -3.57. The molecule has 0 saturated carbocycles. The molecule has 0 bridgehead atoms. The molecule has 2 heterocycles. The SMILES string of the molecule is CCOC(=O)C1CCCN(S(=O)(=O)NC2(C)CCNC2)C1. The quantitative estimate of drug-likeness (QED) is 0.688. The van der Waals surface area contributed by atoms with Crippen LogP contribution in [0.3, 0.4) is 0 Å². The minimum atomic E-state index is -3.57. The Hall–Kier alpha value is -0.700. The molecule has 122 valence electrons. The lowest BCUT2D eigenvalue weighted by Gasteiger charge is -2.34. The van der Waals surface area contributed by atoms with E-state index >= 15 is 0 Å². The fourth-order valence-corrected chi connectivity index (χ4v) is 4.56. The van der Waals surface area contributed by atoms with E-state index in [1.807, 2.05) is 6.92 Å². The summed E-state index contributed by atoms with van der Waals surface area (Å²) in [6.45, 7) is 6.07. The van der Waals surface area contributed by atoms with Gasteiger partial charge in [-0.1, -0.05) is 0 Å². The zero-order valence-electron chi connectivity index (χ0n) is 12.7. The Morgan fingerprint density at radius 2 is 2.29 bits per heavy atom. The molecule has 2 N–H and O–H groups in total. The summed E-state index contributed by atoms with van der Waals surface area (Å²) in [6, 6.07) is 0. The number of nitrogens with zero attached hydrogens (tertiary/aromatic N) is 1. The number of hydrogen-bond donors (Lipinski definition) is 2. The summed E-state index contributed by atoms with van der Waals surface area (Å²) in [6.07, 6.45) is 2.13. The van der Waals surface area contributed by atoms with Gasteiger partial charge in [-0.25, -0.2) is 0 Å². The van der Waals surface area contributed by atoms with E-state index in [4.69, 9.17) is 4.74 Å². The normalized spacial score (nSPS) is 31.2. The first-order valence-corrected chi connectivity index (χ1v) is 8.97. The van der Waals surface area contributed by atoms with Crippen molar-refractivity contribution < 1.29 is 17.9 Å². The molecule has 0 aromatic carbocycles. The minimum absolute atomic E-state index is 0.206. The Morgan fingerprint density at radius 1 is 1.52 bits per heavy atom. The fourth-order valence-electron chi connectivity index (χ4n) is 2.89. The predicted molar refractivity (Wildman–Crippen MR) is 78.9 cm³/mol. The molecule has 2 saturated heterocycles. The van der Waals surface area contributed by atoms with Crippen molar-refractivity contribution in [1.82, 2.24) is 14.3 Å². The van der Waals surface area contributed by atoms with Gasteiger partial charge in [0.05, 0.1) is 12.5 Å². The third kappa shape index (κ3) is 4.15. The molecule has 0 radical (unpaired) electrons. The van der Waals surface area contributed by atoms with E-state index in [2.05, 4.69) is 10.0 Å². The summed E-state index contributed by atoms with van der Waals surface area (Å²) in [5.74, 6) is -0.657. The van der Waals surface area contributed by atoms with Crippen molar-refractivity contribution in [2.75, 3.05) is 32.8 Å². The highest BCUT2D eigenvalue weighted by Gasteiger charge is 2.38. The number of carbonyl (C=O) groups is 1. The molecule has 0 aliphatic carbocycles. The largest absolute Gasteiger partial charge is 0.466 e. The predicted octanol–water partition coefficient (Wildman–Crippen LogP) is -0.152. The van der Waals surface area contributed by atoms with Crippen molar-refractivity contribution in [1.29, 1.82) is 0 Å². The highest BCUT2D eigenvalue weighted by molar-refractivity contribution is 7.87.